The predicted molar refractivity (Wildman–Crippen MR) is 208 cm³/mol. The molecular weight excluding hydrogens is 718 g/mol. The van der Waals surface area contributed by atoms with Gasteiger partial charge in [0.15, 0.2) is 6.04 Å². The Morgan fingerprint density at radius 1 is 0.821 bits per heavy atom. The highest BCUT2D eigenvalue weighted by molar-refractivity contribution is 5.99. The Labute approximate surface area is 328 Å². The zero-order valence-electron chi connectivity index (χ0n) is 33.2. The number of anilines is 1. The van der Waals surface area contributed by atoms with Gasteiger partial charge in [0.25, 0.3) is 0 Å². The van der Waals surface area contributed by atoms with Crippen LogP contribution in [0.25, 0.3) is 0 Å². The molecule has 3 saturated heterocycles. The third kappa shape index (κ3) is 9.37. The quantitative estimate of drug-likeness (QED) is 0.348. The number of ether oxygens (including phenoxy) is 1. The molecule has 302 valence electrons. The Bertz CT molecular complexity index is 1770. The number of hydrogen-bond donors (Lipinski definition) is 3. The van der Waals surface area contributed by atoms with Gasteiger partial charge in [-0.2, -0.15) is 0 Å². The summed E-state index contributed by atoms with van der Waals surface area (Å²) in [6.45, 7) is 5.62. The normalized spacial score (nSPS) is 27.4. The van der Waals surface area contributed by atoms with Crippen molar-refractivity contribution in [1.29, 1.82) is 0 Å². The fourth-order valence-corrected chi connectivity index (χ4v) is 7.71. The first-order valence-corrected chi connectivity index (χ1v) is 19.5. The Morgan fingerprint density at radius 3 is 2.14 bits per heavy atom. The van der Waals surface area contributed by atoms with Crippen molar-refractivity contribution in [3.8, 4) is 0 Å². The number of cyclic esters (lactones) is 1. The molecule has 5 amide bonds. The third-order valence-corrected chi connectivity index (χ3v) is 11.0. The molecule has 3 heterocycles. The number of hydrogen-bond acceptors (Lipinski definition) is 10. The molecule has 0 radical (unpaired) electrons. The van der Waals surface area contributed by atoms with E-state index in [9.17, 15) is 33.6 Å². The van der Waals surface area contributed by atoms with Crippen LogP contribution in [-0.2, 0) is 44.7 Å². The van der Waals surface area contributed by atoms with Crippen molar-refractivity contribution in [2.24, 2.45) is 0 Å². The minimum absolute atomic E-state index is 0.00919. The van der Waals surface area contributed by atoms with Crippen LogP contribution in [0.4, 0.5) is 5.69 Å². The number of carbonyl (C=O) groups excluding carboxylic acids is 7. The fraction of sp³-hybridized carbons (Fsp3) is 0.537. The fourth-order valence-electron chi connectivity index (χ4n) is 7.71. The lowest BCUT2D eigenvalue weighted by Gasteiger charge is -2.40. The molecule has 0 aromatic heterocycles. The van der Waals surface area contributed by atoms with Gasteiger partial charge in [0, 0.05) is 59.2 Å². The molecular formula is C41H55N7O8. The average Bonchev–Trinajstić information content (AvgIpc) is 3.69. The summed E-state index contributed by atoms with van der Waals surface area (Å²) in [6.07, 6.45) is -0.132. The van der Waals surface area contributed by atoms with E-state index in [1.165, 1.54) is 21.7 Å². The lowest BCUT2D eigenvalue weighted by atomic mass is 9.95. The van der Waals surface area contributed by atoms with E-state index in [1.54, 1.807) is 51.1 Å². The first kappa shape index (κ1) is 41.8. The van der Waals surface area contributed by atoms with E-state index in [2.05, 4.69) is 16.0 Å². The summed E-state index contributed by atoms with van der Waals surface area (Å²) in [5, 5.41) is 8.63. The number of likely N-dealkylation sites (N-methyl/N-ethyl adjacent to an activating group) is 2. The molecule has 0 spiro atoms. The number of nitrogens with zero attached hydrogens (tertiary/aromatic N) is 4. The largest absolute Gasteiger partial charge is 0.459 e. The van der Waals surface area contributed by atoms with Crippen molar-refractivity contribution in [1.82, 2.24) is 30.7 Å². The van der Waals surface area contributed by atoms with Crippen molar-refractivity contribution in [3.05, 3.63) is 65.7 Å². The predicted octanol–water partition coefficient (Wildman–Crippen LogP) is 1.35. The van der Waals surface area contributed by atoms with Gasteiger partial charge in [0.05, 0.1) is 0 Å². The second-order valence-electron chi connectivity index (χ2n) is 15.0. The van der Waals surface area contributed by atoms with Gasteiger partial charge in [-0.3, -0.25) is 28.8 Å². The molecule has 7 atom stereocenters. The van der Waals surface area contributed by atoms with Crippen LogP contribution >= 0.6 is 0 Å². The van der Waals surface area contributed by atoms with Gasteiger partial charge >= 0.3 is 5.97 Å². The molecule has 15 heteroatoms. The average molecular weight is 774 g/mol. The van der Waals surface area contributed by atoms with E-state index < -0.39 is 77.9 Å². The molecule has 0 saturated carbocycles. The van der Waals surface area contributed by atoms with Crippen LogP contribution in [0, 0.1) is 0 Å². The van der Waals surface area contributed by atoms with Crippen LogP contribution in [0.3, 0.4) is 0 Å². The number of fused-ring (bicyclic) bond motifs is 2. The third-order valence-electron chi connectivity index (χ3n) is 11.0. The van der Waals surface area contributed by atoms with E-state index in [1.807, 2.05) is 43.3 Å². The van der Waals surface area contributed by atoms with Gasteiger partial charge in [-0.15, -0.1) is 0 Å². The lowest BCUT2D eigenvalue weighted by molar-refractivity contribution is -0.157. The smallest absolute Gasteiger partial charge is 0.333 e. The molecule has 3 aliphatic heterocycles. The minimum atomic E-state index is -1.36. The van der Waals surface area contributed by atoms with E-state index in [4.69, 9.17) is 4.74 Å². The van der Waals surface area contributed by atoms with Crippen molar-refractivity contribution >= 4 is 47.0 Å². The monoisotopic (exact) mass is 773 g/mol. The molecule has 15 nitrogen and oxygen atoms in total. The van der Waals surface area contributed by atoms with Crippen molar-refractivity contribution in [3.63, 3.8) is 0 Å². The number of ketones is 1. The van der Waals surface area contributed by atoms with E-state index in [0.29, 0.717) is 24.9 Å². The first-order chi connectivity index (χ1) is 26.7. The van der Waals surface area contributed by atoms with Gasteiger partial charge in [-0.25, -0.2) is 4.79 Å². The highest BCUT2D eigenvalue weighted by atomic mass is 16.5. The lowest BCUT2D eigenvalue weighted by Crippen LogP contribution is -2.61. The molecule has 3 fully saturated rings. The number of benzene rings is 2. The zero-order valence-corrected chi connectivity index (χ0v) is 33.2. The molecule has 0 aliphatic carbocycles. The van der Waals surface area contributed by atoms with E-state index in [0.717, 1.165) is 11.3 Å². The molecule has 3 N–H and O–H groups in total. The Balaban J connectivity index is 1.60. The molecule has 0 unspecified atom stereocenters. The number of Topliss-reactive ketones (excluding diaryl/α,β-unsaturated/α-hetero) is 1. The number of carbonyl (C=O) groups is 7. The summed E-state index contributed by atoms with van der Waals surface area (Å²) in [6, 6.07) is 9.24. The summed E-state index contributed by atoms with van der Waals surface area (Å²) in [5.74, 6) is -3.84. The Hall–Kier alpha value is -5.31. The maximum absolute atomic E-state index is 14.9. The van der Waals surface area contributed by atoms with Crippen molar-refractivity contribution < 1.29 is 38.3 Å². The van der Waals surface area contributed by atoms with Gasteiger partial charge in [0.1, 0.15) is 42.1 Å². The van der Waals surface area contributed by atoms with Crippen LogP contribution < -0.4 is 20.9 Å². The Kier molecular flexibility index (Phi) is 13.9. The summed E-state index contributed by atoms with van der Waals surface area (Å²) in [5.41, 5.74) is 2.08. The van der Waals surface area contributed by atoms with Crippen LogP contribution in [0.5, 0.6) is 0 Å². The first-order valence-electron chi connectivity index (χ1n) is 19.5. The SMILES string of the molecule is CCN[C@@H]1C(=O)N[C@H](CC)C(=O)N2CCC[C@H]2C(=O)N(C)[C@@H](Cc2ccc(N(C)C)cc2)C(=O)N2CCC(=O)C[C@H]2C(=O)N[C@@H](c2ccccc2)C(=O)O[C@@H]1C. The van der Waals surface area contributed by atoms with Crippen molar-refractivity contribution in [2.45, 2.75) is 102 Å². The highest BCUT2D eigenvalue weighted by Crippen LogP contribution is 2.26. The minimum Gasteiger partial charge on any atom is -0.459 e. The topological polar surface area (TPSA) is 178 Å². The standard InChI is InChI=1S/C41H55N7O8/c1-7-30-38(52)47-21-12-15-31(47)39(53)46(6)33(23-26-16-18-28(19-17-26)45(4)5)40(54)48-22-20-29(49)24-32(48)36(50)44-35(27-13-10-9-11-14-27)41(55)56-25(3)34(42-8-2)37(51)43-30/h9-11,13-14,16-19,25,30-35,42H,7-8,12,15,20-24H2,1-6H3,(H,43,51)(H,44,50)/t25-,30-,31+,32+,33+,34+,35+/m1/s1. The zero-order chi connectivity index (χ0) is 40.7. The summed E-state index contributed by atoms with van der Waals surface area (Å²) in [4.78, 5) is 105. The number of nitrogens with one attached hydrogen (secondary N) is 3. The van der Waals surface area contributed by atoms with Crippen LogP contribution in [0.15, 0.2) is 54.6 Å². The number of amides is 5. The molecule has 3 aliphatic rings. The highest BCUT2D eigenvalue weighted by Gasteiger charge is 2.45. The molecule has 56 heavy (non-hydrogen) atoms. The summed E-state index contributed by atoms with van der Waals surface area (Å²) < 4.78 is 5.87. The number of rotatable bonds is 7. The van der Waals surface area contributed by atoms with Crippen molar-refractivity contribution in [2.75, 3.05) is 45.7 Å². The maximum atomic E-state index is 14.9. The van der Waals surface area contributed by atoms with Gasteiger partial charge in [-0.1, -0.05) is 56.3 Å². The van der Waals surface area contributed by atoms with E-state index >= 15 is 0 Å². The summed E-state index contributed by atoms with van der Waals surface area (Å²) in [7, 11) is 5.34. The summed E-state index contributed by atoms with van der Waals surface area (Å²) >= 11 is 0. The second-order valence-corrected chi connectivity index (χ2v) is 15.0. The van der Waals surface area contributed by atoms with Gasteiger partial charge < -0.3 is 40.3 Å². The van der Waals surface area contributed by atoms with E-state index in [-0.39, 0.29) is 44.6 Å². The molecule has 5 rings (SSSR count). The second kappa shape index (κ2) is 18.5. The van der Waals surface area contributed by atoms with Crippen LogP contribution in [-0.4, -0.2) is 133 Å². The van der Waals surface area contributed by atoms with Gasteiger partial charge in [0.2, 0.25) is 29.5 Å². The van der Waals surface area contributed by atoms with Crippen LogP contribution in [0.1, 0.15) is 70.0 Å². The molecule has 0 bridgehead atoms. The Morgan fingerprint density at radius 2 is 1.50 bits per heavy atom. The molecule has 2 aromatic carbocycles. The maximum Gasteiger partial charge on any atom is 0.333 e. The number of piperidine rings is 1. The molecule has 2 aromatic rings. The number of esters is 1. The van der Waals surface area contributed by atoms with Gasteiger partial charge in [-0.05, 0) is 56.0 Å². The van der Waals surface area contributed by atoms with Crippen LogP contribution in [0.2, 0.25) is 0 Å².